The van der Waals surface area contributed by atoms with Gasteiger partial charge in [0.05, 0.1) is 0 Å². The quantitative estimate of drug-likeness (QED) is 0.341. The summed E-state index contributed by atoms with van der Waals surface area (Å²) in [6.45, 7) is 4.60. The summed E-state index contributed by atoms with van der Waals surface area (Å²) in [6.07, 6.45) is 24.4. The van der Waals surface area contributed by atoms with Crippen molar-refractivity contribution < 1.29 is 0 Å². The molecule has 1 saturated heterocycles. The van der Waals surface area contributed by atoms with E-state index in [1.807, 2.05) is 0 Å². The molecule has 0 aromatic heterocycles. The lowest BCUT2D eigenvalue weighted by Gasteiger charge is -2.31. The Kier molecular flexibility index (Phi) is 13.2. The van der Waals surface area contributed by atoms with Crippen molar-refractivity contribution in [2.75, 3.05) is 0 Å². The van der Waals surface area contributed by atoms with E-state index in [0.29, 0.717) is 0 Å². The molecule has 2 unspecified atom stereocenters. The lowest BCUT2D eigenvalue weighted by atomic mass is 9.92. The molecule has 0 aromatic rings. The predicted octanol–water partition coefficient (Wildman–Crippen LogP) is 7.00. The molecule has 1 nitrogen and oxygen atoms in total. The molecule has 1 rings (SSSR count). The minimum Gasteiger partial charge on any atom is -0.311 e. The zero-order valence-corrected chi connectivity index (χ0v) is 15.7. The van der Waals surface area contributed by atoms with Gasteiger partial charge < -0.3 is 5.32 Å². The van der Waals surface area contributed by atoms with Crippen molar-refractivity contribution in [2.24, 2.45) is 0 Å². The molecule has 1 aliphatic rings. The highest BCUT2D eigenvalue weighted by Crippen LogP contribution is 2.21. The molecule has 0 spiro atoms. The van der Waals surface area contributed by atoms with Crippen LogP contribution in [0.1, 0.15) is 123 Å². The van der Waals surface area contributed by atoms with Gasteiger partial charge in [-0.25, -0.2) is 0 Å². The van der Waals surface area contributed by atoms with Crippen molar-refractivity contribution in [1.82, 2.24) is 5.32 Å². The third kappa shape index (κ3) is 10.6. The van der Waals surface area contributed by atoms with Crippen molar-refractivity contribution in [3.8, 4) is 0 Å². The molecule has 22 heavy (non-hydrogen) atoms. The number of piperidine rings is 1. The van der Waals surface area contributed by atoms with Gasteiger partial charge in [-0.15, -0.1) is 0 Å². The topological polar surface area (TPSA) is 12.0 Å². The first-order valence-corrected chi connectivity index (χ1v) is 10.6. The van der Waals surface area contributed by atoms with Gasteiger partial charge in [0.25, 0.3) is 0 Å². The number of hydrogen-bond donors (Lipinski definition) is 1. The predicted molar refractivity (Wildman–Crippen MR) is 101 cm³/mol. The second-order valence-electron chi connectivity index (χ2n) is 7.60. The molecule has 132 valence electrons. The molecule has 1 fully saturated rings. The Hall–Kier alpha value is -0.0400. The summed E-state index contributed by atoms with van der Waals surface area (Å²) in [5.41, 5.74) is 0. The normalized spacial score (nSPS) is 22.1. The zero-order valence-electron chi connectivity index (χ0n) is 15.7. The highest BCUT2D eigenvalue weighted by atomic mass is 15.0. The molecule has 0 aromatic carbocycles. The Labute approximate surface area is 141 Å². The molecule has 0 bridgehead atoms. The molecule has 1 heterocycles. The number of hydrogen-bond acceptors (Lipinski definition) is 1. The Morgan fingerprint density at radius 3 is 1.45 bits per heavy atom. The molecule has 0 saturated carbocycles. The van der Waals surface area contributed by atoms with Gasteiger partial charge in [-0.2, -0.15) is 0 Å². The largest absolute Gasteiger partial charge is 0.311 e. The van der Waals surface area contributed by atoms with Crippen LogP contribution in [0.25, 0.3) is 0 Å². The molecular formula is C21H43N. The molecule has 0 aliphatic carbocycles. The van der Waals surface area contributed by atoms with E-state index in [0.717, 1.165) is 12.1 Å². The van der Waals surface area contributed by atoms with Crippen LogP contribution in [0.2, 0.25) is 0 Å². The fourth-order valence-electron chi connectivity index (χ4n) is 3.91. The van der Waals surface area contributed by atoms with Gasteiger partial charge in [0.15, 0.2) is 0 Å². The number of nitrogens with one attached hydrogen (secondary N) is 1. The van der Waals surface area contributed by atoms with E-state index in [1.165, 1.54) is 109 Å². The van der Waals surface area contributed by atoms with Crippen LogP contribution in [0.3, 0.4) is 0 Å². The van der Waals surface area contributed by atoms with Gasteiger partial charge in [0.1, 0.15) is 0 Å². The van der Waals surface area contributed by atoms with Gasteiger partial charge in [-0.05, 0) is 25.7 Å². The fraction of sp³-hybridized carbons (Fsp3) is 1.00. The van der Waals surface area contributed by atoms with Crippen LogP contribution in [0.5, 0.6) is 0 Å². The highest BCUT2D eigenvalue weighted by molar-refractivity contribution is 4.80. The highest BCUT2D eigenvalue weighted by Gasteiger charge is 2.19. The number of unbranched alkanes of at least 4 members (excludes halogenated alkanes) is 10. The van der Waals surface area contributed by atoms with Gasteiger partial charge in [-0.1, -0.05) is 97.3 Å². The Balaban J connectivity index is 1.96. The van der Waals surface area contributed by atoms with Crippen molar-refractivity contribution in [2.45, 2.75) is 135 Å². The first-order valence-electron chi connectivity index (χ1n) is 10.6. The molecule has 1 aliphatic heterocycles. The molecule has 0 radical (unpaired) electrons. The average molecular weight is 310 g/mol. The first kappa shape index (κ1) is 20.0. The van der Waals surface area contributed by atoms with Crippen molar-refractivity contribution in [1.29, 1.82) is 0 Å². The molecular weight excluding hydrogens is 266 g/mol. The monoisotopic (exact) mass is 309 g/mol. The number of rotatable bonds is 14. The van der Waals surface area contributed by atoms with Crippen LogP contribution >= 0.6 is 0 Å². The van der Waals surface area contributed by atoms with Gasteiger partial charge in [0, 0.05) is 12.1 Å². The lowest BCUT2D eigenvalue weighted by molar-refractivity contribution is 0.286. The second-order valence-corrected chi connectivity index (χ2v) is 7.60. The lowest BCUT2D eigenvalue weighted by Crippen LogP contribution is -2.42. The van der Waals surface area contributed by atoms with Crippen molar-refractivity contribution in [3.05, 3.63) is 0 Å². The van der Waals surface area contributed by atoms with E-state index in [4.69, 9.17) is 0 Å². The molecule has 1 N–H and O–H groups in total. The Morgan fingerprint density at radius 2 is 1.00 bits per heavy atom. The minimum atomic E-state index is 0.838. The maximum Gasteiger partial charge on any atom is 0.00696 e. The summed E-state index contributed by atoms with van der Waals surface area (Å²) >= 11 is 0. The molecule has 0 amide bonds. The van der Waals surface area contributed by atoms with Crippen molar-refractivity contribution in [3.63, 3.8) is 0 Å². The van der Waals surface area contributed by atoms with Crippen LogP contribution in [-0.4, -0.2) is 12.1 Å². The Morgan fingerprint density at radius 1 is 0.591 bits per heavy atom. The standard InChI is InChI=1S/C21H43N/c1-3-5-7-9-11-13-16-20-18-15-19-21(22-20)17-14-12-10-8-6-4-2/h20-22H,3-19H2,1-2H3. The summed E-state index contributed by atoms with van der Waals surface area (Å²) in [5.74, 6) is 0. The Bertz CT molecular complexity index is 204. The smallest absolute Gasteiger partial charge is 0.00696 e. The van der Waals surface area contributed by atoms with E-state index in [-0.39, 0.29) is 0 Å². The van der Waals surface area contributed by atoms with Crippen LogP contribution in [0.15, 0.2) is 0 Å². The summed E-state index contributed by atoms with van der Waals surface area (Å²) in [4.78, 5) is 0. The molecule has 1 heteroatoms. The second kappa shape index (κ2) is 14.5. The maximum absolute atomic E-state index is 3.96. The van der Waals surface area contributed by atoms with Crippen LogP contribution in [-0.2, 0) is 0 Å². The minimum absolute atomic E-state index is 0.838. The SMILES string of the molecule is CCCCCCCCC1CCCC(CCCCCCCC)N1. The van der Waals surface area contributed by atoms with Crippen LogP contribution in [0, 0.1) is 0 Å². The third-order valence-corrected chi connectivity index (χ3v) is 5.39. The third-order valence-electron chi connectivity index (χ3n) is 5.39. The first-order chi connectivity index (χ1) is 10.9. The van der Waals surface area contributed by atoms with Crippen LogP contribution < -0.4 is 5.32 Å². The summed E-state index contributed by atoms with van der Waals surface area (Å²) < 4.78 is 0. The van der Waals surface area contributed by atoms with Gasteiger partial charge in [0.2, 0.25) is 0 Å². The van der Waals surface area contributed by atoms with E-state index >= 15 is 0 Å². The van der Waals surface area contributed by atoms with E-state index in [2.05, 4.69) is 19.2 Å². The fourth-order valence-corrected chi connectivity index (χ4v) is 3.91. The van der Waals surface area contributed by atoms with E-state index in [9.17, 15) is 0 Å². The summed E-state index contributed by atoms with van der Waals surface area (Å²) in [7, 11) is 0. The molecule has 2 atom stereocenters. The van der Waals surface area contributed by atoms with E-state index < -0.39 is 0 Å². The summed E-state index contributed by atoms with van der Waals surface area (Å²) in [5, 5.41) is 3.96. The van der Waals surface area contributed by atoms with Gasteiger partial charge >= 0.3 is 0 Å². The summed E-state index contributed by atoms with van der Waals surface area (Å²) in [6, 6.07) is 1.68. The van der Waals surface area contributed by atoms with Crippen molar-refractivity contribution >= 4 is 0 Å². The van der Waals surface area contributed by atoms with Crippen LogP contribution in [0.4, 0.5) is 0 Å². The van der Waals surface area contributed by atoms with Gasteiger partial charge in [-0.3, -0.25) is 0 Å². The zero-order chi connectivity index (χ0) is 15.9. The maximum atomic E-state index is 3.96. The van der Waals surface area contributed by atoms with E-state index in [1.54, 1.807) is 0 Å². The average Bonchev–Trinajstić information content (AvgIpc) is 2.54.